The summed E-state index contributed by atoms with van der Waals surface area (Å²) in [7, 11) is 4.80. The molecule has 0 spiro atoms. The average molecular weight is 433 g/mol. The molecule has 170 valence electrons. The minimum Gasteiger partial charge on any atom is -0.467 e. The normalized spacial score (nSPS) is 10.8. The highest BCUT2D eigenvalue weighted by molar-refractivity contribution is 5.83. The Morgan fingerprint density at radius 1 is 0.839 bits per heavy atom. The molecule has 0 unspecified atom stereocenters. The van der Waals surface area contributed by atoms with Crippen LogP contribution in [0, 0.1) is 0 Å². The van der Waals surface area contributed by atoms with E-state index >= 15 is 0 Å². The molecular formula is C24H32O7. The van der Waals surface area contributed by atoms with Crippen molar-refractivity contribution in [3.8, 4) is 22.6 Å². The fraction of sp³-hybridized carbons (Fsp3) is 0.458. The Morgan fingerprint density at radius 3 is 2.23 bits per heavy atom. The molecule has 0 fully saturated rings. The molecule has 0 aliphatic rings. The highest BCUT2D eigenvalue weighted by atomic mass is 16.7. The molecule has 0 aliphatic heterocycles. The van der Waals surface area contributed by atoms with Crippen LogP contribution in [0.1, 0.15) is 28.4 Å². The molecule has 0 N–H and O–H groups in total. The van der Waals surface area contributed by atoms with Gasteiger partial charge in [-0.1, -0.05) is 25.1 Å². The van der Waals surface area contributed by atoms with E-state index in [1.807, 2.05) is 24.3 Å². The second-order valence-corrected chi connectivity index (χ2v) is 6.76. The molecule has 7 heteroatoms. The molecule has 2 aromatic carbocycles. The molecule has 0 bridgehead atoms. The van der Waals surface area contributed by atoms with Crippen molar-refractivity contribution in [2.45, 2.75) is 19.8 Å². The Balaban J connectivity index is 2.60. The summed E-state index contributed by atoms with van der Waals surface area (Å²) in [6.07, 6.45) is 2.22. The first-order chi connectivity index (χ1) is 15.2. The summed E-state index contributed by atoms with van der Waals surface area (Å²) in [6.45, 7) is 3.84. The molecule has 0 aromatic heterocycles. The number of rotatable bonds is 15. The van der Waals surface area contributed by atoms with Gasteiger partial charge in [-0.15, -0.1) is 0 Å². The molecule has 7 nitrogen and oxygen atoms in total. The molecule has 0 saturated heterocycles. The van der Waals surface area contributed by atoms with Crippen molar-refractivity contribution in [1.82, 2.24) is 0 Å². The SMILES string of the molecule is CCc1c(OCOC)cc(OCOC)c(-c2cccc(C=O)c2)c1CCOCCOC. The smallest absolute Gasteiger partial charge is 0.188 e. The van der Waals surface area contributed by atoms with Crippen molar-refractivity contribution in [3.05, 3.63) is 47.0 Å². The zero-order valence-corrected chi connectivity index (χ0v) is 18.8. The molecule has 0 amide bonds. The van der Waals surface area contributed by atoms with Gasteiger partial charge in [0.05, 0.1) is 19.8 Å². The van der Waals surface area contributed by atoms with E-state index in [0.717, 1.165) is 35.0 Å². The summed E-state index contributed by atoms with van der Waals surface area (Å²) in [6, 6.07) is 9.31. The largest absolute Gasteiger partial charge is 0.467 e. The van der Waals surface area contributed by atoms with Crippen LogP contribution in [0.2, 0.25) is 0 Å². The average Bonchev–Trinajstić information content (AvgIpc) is 2.80. The first-order valence-electron chi connectivity index (χ1n) is 10.2. The number of ether oxygens (including phenoxy) is 6. The third-order valence-electron chi connectivity index (χ3n) is 4.73. The maximum atomic E-state index is 11.4. The van der Waals surface area contributed by atoms with Gasteiger partial charge < -0.3 is 28.4 Å². The first-order valence-corrected chi connectivity index (χ1v) is 10.2. The summed E-state index contributed by atoms with van der Waals surface area (Å²) in [5.41, 5.74) is 4.47. The van der Waals surface area contributed by atoms with Crippen LogP contribution in [0.15, 0.2) is 30.3 Å². The van der Waals surface area contributed by atoms with E-state index in [0.29, 0.717) is 43.3 Å². The van der Waals surface area contributed by atoms with E-state index in [-0.39, 0.29) is 13.6 Å². The molecule has 2 rings (SSSR count). The Kier molecular flexibility index (Phi) is 11.0. The van der Waals surface area contributed by atoms with E-state index in [2.05, 4.69) is 6.92 Å². The molecule has 2 aromatic rings. The monoisotopic (exact) mass is 432 g/mol. The van der Waals surface area contributed by atoms with Crippen LogP contribution >= 0.6 is 0 Å². The zero-order valence-electron chi connectivity index (χ0n) is 18.8. The Morgan fingerprint density at radius 2 is 1.58 bits per heavy atom. The standard InChI is InChI=1S/C24H32O7/c1-5-20-21(9-10-29-12-11-26-2)24(19-8-6-7-18(13-19)15-25)23(31-17-28-4)14-22(20)30-16-27-3/h6-8,13-15H,5,9-12,16-17H2,1-4H3. The fourth-order valence-electron chi connectivity index (χ4n) is 3.38. The van der Waals surface area contributed by atoms with Crippen LogP contribution in [-0.2, 0) is 31.8 Å². The van der Waals surface area contributed by atoms with E-state index in [1.54, 1.807) is 27.4 Å². The number of benzene rings is 2. The summed E-state index contributed by atoms with van der Waals surface area (Å²) in [4.78, 5) is 11.4. The van der Waals surface area contributed by atoms with Crippen molar-refractivity contribution in [2.75, 3.05) is 54.7 Å². The number of hydrogen-bond donors (Lipinski definition) is 0. The number of hydrogen-bond acceptors (Lipinski definition) is 7. The Labute approximate surface area is 184 Å². The van der Waals surface area contributed by atoms with E-state index in [4.69, 9.17) is 28.4 Å². The molecule has 0 radical (unpaired) electrons. The maximum absolute atomic E-state index is 11.4. The number of aldehydes is 1. The molecule has 0 atom stereocenters. The minimum absolute atomic E-state index is 0.0827. The van der Waals surface area contributed by atoms with Crippen molar-refractivity contribution < 1.29 is 33.2 Å². The molecule has 31 heavy (non-hydrogen) atoms. The van der Waals surface area contributed by atoms with Gasteiger partial charge in [-0.3, -0.25) is 4.79 Å². The van der Waals surface area contributed by atoms with Crippen molar-refractivity contribution >= 4 is 6.29 Å². The van der Waals surface area contributed by atoms with Gasteiger partial charge in [-0.25, -0.2) is 0 Å². The van der Waals surface area contributed by atoms with Crippen molar-refractivity contribution in [3.63, 3.8) is 0 Å². The van der Waals surface area contributed by atoms with E-state index in [9.17, 15) is 4.79 Å². The van der Waals surface area contributed by atoms with Crippen LogP contribution < -0.4 is 9.47 Å². The van der Waals surface area contributed by atoms with Crippen molar-refractivity contribution in [2.24, 2.45) is 0 Å². The van der Waals surface area contributed by atoms with Crippen LogP contribution in [0.5, 0.6) is 11.5 Å². The van der Waals surface area contributed by atoms with Gasteiger partial charge >= 0.3 is 0 Å². The highest BCUT2D eigenvalue weighted by Crippen LogP contribution is 2.41. The number of methoxy groups -OCH3 is 3. The minimum atomic E-state index is 0.0827. The lowest BCUT2D eigenvalue weighted by atomic mass is 9.90. The summed E-state index contributed by atoms with van der Waals surface area (Å²) in [5.74, 6) is 1.30. The third kappa shape index (κ3) is 7.04. The van der Waals surface area contributed by atoms with Gasteiger partial charge in [0.25, 0.3) is 0 Å². The van der Waals surface area contributed by atoms with Gasteiger partial charge in [0.15, 0.2) is 13.6 Å². The molecular weight excluding hydrogens is 400 g/mol. The zero-order chi connectivity index (χ0) is 22.5. The predicted octanol–water partition coefficient (Wildman–Crippen LogP) is 3.90. The van der Waals surface area contributed by atoms with E-state index in [1.165, 1.54) is 0 Å². The van der Waals surface area contributed by atoms with Crippen LogP contribution in [0.3, 0.4) is 0 Å². The maximum Gasteiger partial charge on any atom is 0.188 e. The lowest BCUT2D eigenvalue weighted by Gasteiger charge is -2.22. The van der Waals surface area contributed by atoms with Crippen LogP contribution in [0.4, 0.5) is 0 Å². The molecule has 0 heterocycles. The van der Waals surface area contributed by atoms with Gasteiger partial charge in [0.2, 0.25) is 0 Å². The van der Waals surface area contributed by atoms with Gasteiger partial charge in [-0.05, 0) is 35.6 Å². The topological polar surface area (TPSA) is 72.5 Å². The lowest BCUT2D eigenvalue weighted by molar-refractivity contribution is 0.0456. The number of carbonyl (C=O) groups excluding carboxylic acids is 1. The quantitative estimate of drug-likeness (QED) is 0.240. The Hall–Kier alpha value is -2.45. The van der Waals surface area contributed by atoms with Crippen LogP contribution in [0.25, 0.3) is 11.1 Å². The highest BCUT2D eigenvalue weighted by Gasteiger charge is 2.21. The second-order valence-electron chi connectivity index (χ2n) is 6.76. The lowest BCUT2D eigenvalue weighted by Crippen LogP contribution is -2.11. The van der Waals surface area contributed by atoms with Gasteiger partial charge in [-0.2, -0.15) is 0 Å². The Bertz CT molecular complexity index is 820. The summed E-state index contributed by atoms with van der Waals surface area (Å²) >= 11 is 0. The molecule has 0 saturated carbocycles. The number of carbonyl (C=O) groups is 1. The molecule has 0 aliphatic carbocycles. The fourth-order valence-corrected chi connectivity index (χ4v) is 3.38. The second kappa shape index (κ2) is 13.8. The van der Waals surface area contributed by atoms with Crippen molar-refractivity contribution in [1.29, 1.82) is 0 Å². The predicted molar refractivity (Wildman–Crippen MR) is 118 cm³/mol. The third-order valence-corrected chi connectivity index (χ3v) is 4.73. The summed E-state index contributed by atoms with van der Waals surface area (Å²) < 4.78 is 32.8. The van der Waals surface area contributed by atoms with Crippen LogP contribution in [-0.4, -0.2) is 61.0 Å². The van der Waals surface area contributed by atoms with Gasteiger partial charge in [0, 0.05) is 38.5 Å². The van der Waals surface area contributed by atoms with Gasteiger partial charge in [0.1, 0.15) is 17.8 Å². The van der Waals surface area contributed by atoms with E-state index < -0.39 is 0 Å². The summed E-state index contributed by atoms with van der Waals surface area (Å²) in [5, 5.41) is 0. The first kappa shape index (κ1) is 24.8.